The van der Waals surface area contributed by atoms with E-state index in [0.717, 1.165) is 0 Å². The smallest absolute Gasteiger partial charge is 0.410 e. The molecule has 1 N–H and O–H groups in total. The molecular formula is C10H20ClFN2O2. The van der Waals surface area contributed by atoms with Crippen LogP contribution in [0.3, 0.4) is 0 Å². The van der Waals surface area contributed by atoms with Crippen molar-refractivity contribution in [3.63, 3.8) is 0 Å². The molecule has 1 rings (SSSR count). The second-order valence-electron chi connectivity index (χ2n) is 4.69. The summed E-state index contributed by atoms with van der Waals surface area (Å²) in [7, 11) is 0. The molecule has 1 aliphatic heterocycles. The summed E-state index contributed by atoms with van der Waals surface area (Å²) in [6.45, 7) is 6.56. The lowest BCUT2D eigenvalue weighted by Gasteiger charge is -2.35. The summed E-state index contributed by atoms with van der Waals surface area (Å²) in [5.41, 5.74) is -0.525. The second kappa shape index (κ2) is 6.25. The quantitative estimate of drug-likeness (QED) is 0.773. The molecule has 6 heteroatoms. The highest BCUT2D eigenvalue weighted by Gasteiger charge is 2.30. The van der Waals surface area contributed by atoms with Gasteiger partial charge in [-0.3, -0.25) is 0 Å². The van der Waals surface area contributed by atoms with E-state index in [0.29, 0.717) is 19.6 Å². The van der Waals surface area contributed by atoms with Gasteiger partial charge < -0.3 is 15.0 Å². The maximum atomic E-state index is 12.6. The predicted octanol–water partition coefficient (Wildman–Crippen LogP) is 1.59. The van der Waals surface area contributed by atoms with Crippen LogP contribution in [0.15, 0.2) is 0 Å². The molecule has 1 fully saturated rings. The third-order valence-corrected chi connectivity index (χ3v) is 2.16. The van der Waals surface area contributed by atoms with Crippen molar-refractivity contribution in [1.29, 1.82) is 0 Å². The highest BCUT2D eigenvalue weighted by atomic mass is 35.5. The van der Waals surface area contributed by atoms with Crippen molar-refractivity contribution in [3.8, 4) is 0 Å². The summed E-state index contributed by atoms with van der Waals surface area (Å²) in [4.78, 5) is 13.2. The Morgan fingerprint density at radius 3 is 2.69 bits per heavy atom. The number of nitrogens with zero attached hydrogens (tertiary/aromatic N) is 1. The molecule has 0 bridgehead atoms. The van der Waals surface area contributed by atoms with Crippen molar-refractivity contribution < 1.29 is 13.9 Å². The first-order valence-electron chi connectivity index (χ1n) is 5.20. The first-order valence-corrected chi connectivity index (χ1v) is 5.20. The molecule has 96 valence electrons. The van der Waals surface area contributed by atoms with E-state index < -0.39 is 24.4 Å². The average molecular weight is 255 g/mol. The van der Waals surface area contributed by atoms with Crippen molar-refractivity contribution in [2.75, 3.05) is 26.3 Å². The molecule has 0 aliphatic carbocycles. The molecular weight excluding hydrogens is 235 g/mol. The van der Waals surface area contributed by atoms with Gasteiger partial charge in [-0.15, -0.1) is 12.4 Å². The van der Waals surface area contributed by atoms with E-state index in [4.69, 9.17) is 4.74 Å². The van der Waals surface area contributed by atoms with Gasteiger partial charge in [0.1, 0.15) is 12.3 Å². The summed E-state index contributed by atoms with van der Waals surface area (Å²) in [6, 6.07) is -0.395. The Bertz CT molecular complexity index is 233. The minimum atomic E-state index is -0.535. The highest BCUT2D eigenvalue weighted by Crippen LogP contribution is 2.13. The van der Waals surface area contributed by atoms with Crippen LogP contribution < -0.4 is 5.32 Å². The zero-order valence-corrected chi connectivity index (χ0v) is 10.8. The molecule has 1 heterocycles. The minimum Gasteiger partial charge on any atom is -0.444 e. The van der Waals surface area contributed by atoms with Crippen LogP contribution in [-0.4, -0.2) is 48.9 Å². The van der Waals surface area contributed by atoms with E-state index in [2.05, 4.69) is 5.32 Å². The third-order valence-electron chi connectivity index (χ3n) is 2.16. The van der Waals surface area contributed by atoms with Gasteiger partial charge in [-0.05, 0) is 20.8 Å². The Labute approximate surface area is 102 Å². The average Bonchev–Trinajstić information content (AvgIpc) is 2.15. The van der Waals surface area contributed by atoms with Gasteiger partial charge in [0.25, 0.3) is 0 Å². The van der Waals surface area contributed by atoms with Gasteiger partial charge in [0.2, 0.25) is 0 Å². The number of carbonyl (C=O) groups is 1. The van der Waals surface area contributed by atoms with E-state index in [1.165, 1.54) is 4.90 Å². The van der Waals surface area contributed by atoms with Crippen LogP contribution in [0.4, 0.5) is 9.18 Å². The van der Waals surface area contributed by atoms with Crippen molar-refractivity contribution in [1.82, 2.24) is 10.2 Å². The molecule has 1 unspecified atom stereocenters. The lowest BCUT2D eigenvalue weighted by atomic mass is 10.2. The van der Waals surface area contributed by atoms with Crippen LogP contribution in [0.2, 0.25) is 0 Å². The monoisotopic (exact) mass is 254 g/mol. The lowest BCUT2D eigenvalue weighted by Crippen LogP contribution is -2.55. The summed E-state index contributed by atoms with van der Waals surface area (Å²) in [6.07, 6.45) is -0.424. The largest absolute Gasteiger partial charge is 0.444 e. The number of hydrogen-bond acceptors (Lipinski definition) is 3. The van der Waals surface area contributed by atoms with E-state index in [-0.39, 0.29) is 12.4 Å². The normalized spacial score (nSPS) is 21.2. The Hall–Kier alpha value is -0.550. The van der Waals surface area contributed by atoms with E-state index in [1.807, 2.05) is 0 Å². The van der Waals surface area contributed by atoms with E-state index in [9.17, 15) is 9.18 Å². The topological polar surface area (TPSA) is 41.6 Å². The first kappa shape index (κ1) is 15.4. The number of amides is 1. The zero-order valence-electron chi connectivity index (χ0n) is 9.96. The van der Waals surface area contributed by atoms with Crippen LogP contribution >= 0.6 is 12.4 Å². The molecule has 16 heavy (non-hydrogen) atoms. The summed E-state index contributed by atoms with van der Waals surface area (Å²) in [5.74, 6) is 0. The van der Waals surface area contributed by atoms with Crippen LogP contribution in [-0.2, 0) is 4.74 Å². The molecule has 0 aromatic heterocycles. The van der Waals surface area contributed by atoms with Crippen molar-refractivity contribution in [2.45, 2.75) is 32.4 Å². The number of carbonyl (C=O) groups excluding carboxylic acids is 1. The number of nitrogens with one attached hydrogen (secondary N) is 1. The number of piperazine rings is 1. The van der Waals surface area contributed by atoms with Crippen molar-refractivity contribution >= 4 is 18.5 Å². The van der Waals surface area contributed by atoms with Crippen LogP contribution in [0.5, 0.6) is 0 Å². The molecule has 1 saturated heterocycles. The van der Waals surface area contributed by atoms with Gasteiger partial charge in [0.15, 0.2) is 0 Å². The van der Waals surface area contributed by atoms with Crippen LogP contribution in [0, 0.1) is 0 Å². The van der Waals surface area contributed by atoms with Gasteiger partial charge in [-0.2, -0.15) is 0 Å². The van der Waals surface area contributed by atoms with Gasteiger partial charge in [0.05, 0.1) is 6.04 Å². The van der Waals surface area contributed by atoms with Crippen molar-refractivity contribution in [3.05, 3.63) is 0 Å². The summed E-state index contributed by atoms with van der Waals surface area (Å²) < 4.78 is 17.8. The lowest BCUT2D eigenvalue weighted by molar-refractivity contribution is 0.00927. The Morgan fingerprint density at radius 2 is 2.19 bits per heavy atom. The molecule has 0 aromatic carbocycles. The molecule has 0 saturated carbocycles. The third kappa shape index (κ3) is 4.53. The maximum Gasteiger partial charge on any atom is 0.410 e. The number of alkyl halides is 1. The fourth-order valence-corrected chi connectivity index (χ4v) is 1.46. The van der Waals surface area contributed by atoms with Gasteiger partial charge in [-0.25, -0.2) is 9.18 Å². The fraction of sp³-hybridized carbons (Fsp3) is 0.900. The predicted molar refractivity (Wildman–Crippen MR) is 62.8 cm³/mol. The first-order chi connectivity index (χ1) is 6.94. The Kier molecular flexibility index (Phi) is 6.04. The molecule has 0 spiro atoms. The van der Waals surface area contributed by atoms with Crippen molar-refractivity contribution in [2.24, 2.45) is 0 Å². The fourth-order valence-electron chi connectivity index (χ4n) is 1.46. The molecule has 1 aliphatic rings. The number of ether oxygens (including phenoxy) is 1. The molecule has 1 amide bonds. The number of hydrogen-bond donors (Lipinski definition) is 1. The summed E-state index contributed by atoms with van der Waals surface area (Å²) >= 11 is 0. The number of halogens is 2. The molecule has 1 atom stereocenters. The maximum absolute atomic E-state index is 12.6. The Morgan fingerprint density at radius 1 is 1.56 bits per heavy atom. The van der Waals surface area contributed by atoms with Crippen LogP contribution in [0.1, 0.15) is 20.8 Å². The molecule has 0 aromatic rings. The SMILES string of the molecule is CC(C)(C)OC(=O)N1CCNCC1CF.Cl. The van der Waals surface area contributed by atoms with Gasteiger partial charge in [0, 0.05) is 19.6 Å². The summed E-state index contributed by atoms with van der Waals surface area (Å²) in [5, 5.41) is 3.04. The van der Waals surface area contributed by atoms with E-state index >= 15 is 0 Å². The zero-order chi connectivity index (χ0) is 11.5. The van der Waals surface area contributed by atoms with Gasteiger partial charge >= 0.3 is 6.09 Å². The second-order valence-corrected chi connectivity index (χ2v) is 4.69. The number of rotatable bonds is 1. The standard InChI is InChI=1S/C10H19FN2O2.ClH/c1-10(2,3)15-9(14)13-5-4-12-7-8(13)6-11;/h8,12H,4-7H2,1-3H3;1H. The highest BCUT2D eigenvalue weighted by molar-refractivity contribution is 5.85. The van der Waals surface area contributed by atoms with Crippen LogP contribution in [0.25, 0.3) is 0 Å². The Balaban J connectivity index is 0.00000225. The molecule has 0 radical (unpaired) electrons. The molecule has 4 nitrogen and oxygen atoms in total. The van der Waals surface area contributed by atoms with Gasteiger partial charge in [-0.1, -0.05) is 0 Å². The minimum absolute atomic E-state index is 0. The van der Waals surface area contributed by atoms with E-state index in [1.54, 1.807) is 20.8 Å².